The Morgan fingerprint density at radius 1 is 0.972 bits per heavy atom. The average molecular weight is 551 g/mol. The van der Waals surface area contributed by atoms with Crippen LogP contribution in [0.2, 0.25) is 10.0 Å². The second-order valence-corrected chi connectivity index (χ2v) is 9.67. The molecule has 0 atom stereocenters. The van der Waals surface area contributed by atoms with Crippen LogP contribution in [0.4, 0.5) is 0 Å². The fourth-order valence-electron chi connectivity index (χ4n) is 2.96. The predicted octanol–water partition coefficient (Wildman–Crippen LogP) is 5.71. The number of hydrogen-bond acceptors (Lipinski definition) is 7. The molecule has 3 aromatic carbocycles. The summed E-state index contributed by atoms with van der Waals surface area (Å²) in [5.74, 6) is 0.333. The Labute approximate surface area is 219 Å². The SMILES string of the molecule is CCCOc1ccc(C(=O)N/N=C/c2cc(Cl)c(OS(=O)(=O)c3ccccc3)c(Cl)c2)cc1OCC. The molecule has 0 unspecified atom stereocenters. The van der Waals surface area contributed by atoms with Crippen LogP contribution in [0.1, 0.15) is 36.2 Å². The van der Waals surface area contributed by atoms with Gasteiger partial charge in [-0.25, -0.2) is 5.43 Å². The van der Waals surface area contributed by atoms with E-state index in [0.717, 1.165) is 6.42 Å². The third kappa shape index (κ3) is 7.13. The molecule has 0 radical (unpaired) electrons. The number of ether oxygens (including phenoxy) is 2. The van der Waals surface area contributed by atoms with Gasteiger partial charge in [0.1, 0.15) is 4.90 Å². The summed E-state index contributed by atoms with van der Waals surface area (Å²) in [7, 11) is -4.12. The summed E-state index contributed by atoms with van der Waals surface area (Å²) >= 11 is 12.4. The molecule has 1 N–H and O–H groups in total. The van der Waals surface area contributed by atoms with E-state index in [-0.39, 0.29) is 20.7 Å². The molecule has 11 heteroatoms. The minimum atomic E-state index is -4.12. The minimum Gasteiger partial charge on any atom is -0.490 e. The Morgan fingerprint density at radius 3 is 2.31 bits per heavy atom. The van der Waals surface area contributed by atoms with Crippen LogP contribution < -0.4 is 19.1 Å². The number of halogens is 2. The van der Waals surface area contributed by atoms with E-state index in [1.165, 1.54) is 30.5 Å². The molecule has 0 bridgehead atoms. The predicted molar refractivity (Wildman–Crippen MR) is 139 cm³/mol. The highest BCUT2D eigenvalue weighted by Crippen LogP contribution is 2.36. The number of carbonyl (C=O) groups excluding carboxylic acids is 1. The van der Waals surface area contributed by atoms with E-state index >= 15 is 0 Å². The van der Waals surface area contributed by atoms with Crippen molar-refractivity contribution in [2.24, 2.45) is 5.10 Å². The fraction of sp³-hybridized carbons (Fsp3) is 0.200. The van der Waals surface area contributed by atoms with Gasteiger partial charge in [0.2, 0.25) is 0 Å². The lowest BCUT2D eigenvalue weighted by Gasteiger charge is -2.12. The van der Waals surface area contributed by atoms with Gasteiger partial charge in [-0.2, -0.15) is 13.5 Å². The van der Waals surface area contributed by atoms with Gasteiger partial charge < -0.3 is 13.7 Å². The highest BCUT2D eigenvalue weighted by Gasteiger charge is 2.20. The van der Waals surface area contributed by atoms with Crippen LogP contribution >= 0.6 is 23.2 Å². The molecule has 0 fully saturated rings. The van der Waals surface area contributed by atoms with Crippen LogP contribution in [0.25, 0.3) is 0 Å². The molecule has 0 aliphatic rings. The largest absolute Gasteiger partial charge is 0.490 e. The quantitative estimate of drug-likeness (QED) is 0.186. The van der Waals surface area contributed by atoms with Gasteiger partial charge in [-0.1, -0.05) is 48.3 Å². The van der Waals surface area contributed by atoms with Crippen molar-refractivity contribution in [3.63, 3.8) is 0 Å². The summed E-state index contributed by atoms with van der Waals surface area (Å²) in [4.78, 5) is 12.5. The lowest BCUT2D eigenvalue weighted by Crippen LogP contribution is -2.17. The molecule has 0 spiro atoms. The van der Waals surface area contributed by atoms with Gasteiger partial charge in [-0.15, -0.1) is 0 Å². The minimum absolute atomic E-state index is 0.0389. The molecule has 0 aromatic heterocycles. The third-order valence-corrected chi connectivity index (χ3v) is 6.39. The maximum Gasteiger partial charge on any atom is 0.339 e. The number of amides is 1. The van der Waals surface area contributed by atoms with Crippen molar-refractivity contribution in [2.75, 3.05) is 13.2 Å². The van der Waals surface area contributed by atoms with Crippen molar-refractivity contribution in [1.29, 1.82) is 0 Å². The first-order chi connectivity index (χ1) is 17.2. The van der Waals surface area contributed by atoms with Gasteiger partial charge in [-0.05, 0) is 61.4 Å². The number of nitrogens with one attached hydrogen (secondary N) is 1. The van der Waals surface area contributed by atoms with Crippen molar-refractivity contribution in [3.05, 3.63) is 81.8 Å². The zero-order valence-electron chi connectivity index (χ0n) is 19.5. The summed E-state index contributed by atoms with van der Waals surface area (Å²) in [6.45, 7) is 4.78. The standard InChI is InChI=1S/C25H24Cl2N2O6S/c1-3-12-34-22-11-10-18(15-23(22)33-4-2)25(30)29-28-16-17-13-20(26)24(21(27)14-17)35-36(31,32)19-8-6-5-7-9-19/h5-11,13-16H,3-4,12H2,1-2H3,(H,29,30)/b28-16+. The molecular weight excluding hydrogens is 527 g/mol. The van der Waals surface area contributed by atoms with Gasteiger partial charge in [0.25, 0.3) is 5.91 Å². The Hall–Kier alpha value is -3.27. The second-order valence-electron chi connectivity index (χ2n) is 7.31. The maximum atomic E-state index is 12.5. The summed E-state index contributed by atoms with van der Waals surface area (Å²) in [5.41, 5.74) is 3.15. The number of hydrazone groups is 1. The lowest BCUT2D eigenvalue weighted by atomic mass is 10.2. The highest BCUT2D eigenvalue weighted by atomic mass is 35.5. The number of nitrogens with zero attached hydrogens (tertiary/aromatic N) is 1. The van der Waals surface area contributed by atoms with E-state index in [9.17, 15) is 13.2 Å². The molecule has 0 heterocycles. The number of carbonyl (C=O) groups is 1. The van der Waals surface area contributed by atoms with E-state index < -0.39 is 16.0 Å². The van der Waals surface area contributed by atoms with Gasteiger partial charge in [0, 0.05) is 5.56 Å². The molecule has 190 valence electrons. The average Bonchev–Trinajstić information content (AvgIpc) is 2.86. The summed E-state index contributed by atoms with van der Waals surface area (Å²) in [5, 5.41) is 3.84. The van der Waals surface area contributed by atoms with Crippen molar-refractivity contribution < 1.29 is 26.9 Å². The molecule has 3 rings (SSSR count). The molecule has 0 aliphatic heterocycles. The molecule has 8 nitrogen and oxygen atoms in total. The van der Waals surface area contributed by atoms with Gasteiger partial charge in [-0.3, -0.25) is 4.79 Å². The van der Waals surface area contributed by atoms with Gasteiger partial charge >= 0.3 is 10.1 Å². The van der Waals surface area contributed by atoms with Crippen molar-refractivity contribution in [1.82, 2.24) is 5.43 Å². The highest BCUT2D eigenvalue weighted by molar-refractivity contribution is 7.87. The molecule has 3 aromatic rings. The zero-order chi connectivity index (χ0) is 26.1. The van der Waals surface area contributed by atoms with Crippen LogP contribution in [0.15, 0.2) is 70.7 Å². The summed E-state index contributed by atoms with van der Waals surface area (Å²) < 4.78 is 41.3. The van der Waals surface area contributed by atoms with Crippen LogP contribution in [-0.2, 0) is 10.1 Å². The number of benzene rings is 3. The van der Waals surface area contributed by atoms with E-state index in [1.807, 2.05) is 13.8 Å². The molecule has 0 aliphatic carbocycles. The Balaban J connectivity index is 1.71. The maximum absolute atomic E-state index is 12.5. The van der Waals surface area contributed by atoms with Crippen molar-refractivity contribution >= 4 is 45.4 Å². The van der Waals surface area contributed by atoms with Crippen LogP contribution in [0.5, 0.6) is 17.2 Å². The third-order valence-electron chi connectivity index (χ3n) is 4.59. The smallest absolute Gasteiger partial charge is 0.339 e. The van der Waals surface area contributed by atoms with Crippen LogP contribution in [0, 0.1) is 0 Å². The normalized spacial score (nSPS) is 11.3. The van der Waals surface area contributed by atoms with Gasteiger partial charge in [0.15, 0.2) is 17.2 Å². The fourth-order valence-corrected chi connectivity index (χ4v) is 4.62. The van der Waals surface area contributed by atoms with Crippen LogP contribution in [0.3, 0.4) is 0 Å². The second kappa shape index (κ2) is 12.6. The molecule has 0 saturated carbocycles. The molecule has 0 saturated heterocycles. The molecule has 1 amide bonds. The summed E-state index contributed by atoms with van der Waals surface area (Å²) in [6, 6.07) is 15.3. The van der Waals surface area contributed by atoms with E-state index in [0.29, 0.717) is 35.8 Å². The van der Waals surface area contributed by atoms with Crippen molar-refractivity contribution in [2.45, 2.75) is 25.2 Å². The van der Waals surface area contributed by atoms with E-state index in [4.69, 9.17) is 36.9 Å². The number of rotatable bonds is 11. The van der Waals surface area contributed by atoms with Crippen molar-refractivity contribution in [3.8, 4) is 17.2 Å². The Kier molecular flexibility index (Phi) is 9.58. The lowest BCUT2D eigenvalue weighted by molar-refractivity contribution is 0.0954. The Bertz CT molecular complexity index is 1320. The zero-order valence-corrected chi connectivity index (χ0v) is 21.9. The van der Waals surface area contributed by atoms with Crippen LogP contribution in [-0.4, -0.2) is 33.8 Å². The number of hydrogen-bond donors (Lipinski definition) is 1. The first kappa shape index (κ1) is 27.3. The monoisotopic (exact) mass is 550 g/mol. The topological polar surface area (TPSA) is 103 Å². The molecule has 36 heavy (non-hydrogen) atoms. The van der Waals surface area contributed by atoms with Gasteiger partial charge in [0.05, 0.1) is 29.5 Å². The van der Waals surface area contributed by atoms with E-state index in [1.54, 1.807) is 36.4 Å². The summed E-state index contributed by atoms with van der Waals surface area (Å²) in [6.07, 6.45) is 2.15. The molecular formula is C25H24Cl2N2O6S. The Morgan fingerprint density at radius 2 is 1.67 bits per heavy atom. The first-order valence-corrected chi connectivity index (χ1v) is 13.1. The first-order valence-electron chi connectivity index (χ1n) is 11.0. The van der Waals surface area contributed by atoms with E-state index in [2.05, 4.69) is 10.5 Å².